The Labute approximate surface area is 92.1 Å². The number of primary amides is 1. The first-order chi connectivity index (χ1) is 7.52. The lowest BCUT2D eigenvalue weighted by atomic mass is 10.2. The van der Waals surface area contributed by atoms with Gasteiger partial charge in [-0.15, -0.1) is 0 Å². The summed E-state index contributed by atoms with van der Waals surface area (Å²) in [6.07, 6.45) is 1.47. The number of aliphatic carboxylic acids is 1. The van der Waals surface area contributed by atoms with Gasteiger partial charge in [0.15, 0.2) is 6.61 Å². The van der Waals surface area contributed by atoms with E-state index in [1.165, 1.54) is 0 Å². The van der Waals surface area contributed by atoms with E-state index in [0.717, 1.165) is 0 Å². The number of hydroxylamine groups is 1. The Kier molecular flexibility index (Phi) is 7.51. The van der Waals surface area contributed by atoms with Crippen LogP contribution in [0, 0.1) is 0 Å². The zero-order valence-electron chi connectivity index (χ0n) is 8.69. The van der Waals surface area contributed by atoms with Gasteiger partial charge in [-0.3, -0.25) is 9.63 Å². The first kappa shape index (κ1) is 14.2. The highest BCUT2D eigenvalue weighted by Gasteiger charge is 2.01. The summed E-state index contributed by atoms with van der Waals surface area (Å²) in [7, 11) is 0. The van der Waals surface area contributed by atoms with E-state index < -0.39 is 18.6 Å². The van der Waals surface area contributed by atoms with Crippen LogP contribution in [0.25, 0.3) is 0 Å². The van der Waals surface area contributed by atoms with Crippen molar-refractivity contribution in [3.8, 4) is 0 Å². The standard InChI is InChI=1S/C8H15N3O5/c9-6(12)3-1-2-4-10-8(15)11-16-5-7(13)14/h1-5H2,(H2,9,12)(H,13,14)(H2,10,11,15). The Morgan fingerprint density at radius 3 is 2.50 bits per heavy atom. The predicted octanol–water partition coefficient (Wildman–Crippen LogP) is -1.04. The van der Waals surface area contributed by atoms with Crippen LogP contribution >= 0.6 is 0 Å². The molecule has 0 aliphatic heterocycles. The van der Waals surface area contributed by atoms with Crippen LogP contribution in [0.4, 0.5) is 4.79 Å². The van der Waals surface area contributed by atoms with E-state index in [4.69, 9.17) is 10.8 Å². The lowest BCUT2D eigenvalue weighted by Gasteiger charge is -2.05. The van der Waals surface area contributed by atoms with Gasteiger partial charge in [0.2, 0.25) is 5.91 Å². The Morgan fingerprint density at radius 1 is 1.25 bits per heavy atom. The summed E-state index contributed by atoms with van der Waals surface area (Å²) in [6, 6.07) is -0.625. The van der Waals surface area contributed by atoms with E-state index in [1.54, 1.807) is 0 Å². The van der Waals surface area contributed by atoms with Crippen molar-refractivity contribution in [2.45, 2.75) is 19.3 Å². The molecule has 0 saturated heterocycles. The zero-order valence-corrected chi connectivity index (χ0v) is 8.69. The molecule has 0 aromatic heterocycles. The summed E-state index contributed by atoms with van der Waals surface area (Å²) in [4.78, 5) is 35.6. The second-order valence-corrected chi connectivity index (χ2v) is 2.96. The SMILES string of the molecule is NC(=O)CCCCNC(=O)NOCC(=O)O. The number of carboxylic acid groups (broad SMARTS) is 1. The number of rotatable bonds is 8. The van der Waals surface area contributed by atoms with Gasteiger partial charge in [-0.1, -0.05) is 0 Å². The number of urea groups is 1. The van der Waals surface area contributed by atoms with E-state index in [-0.39, 0.29) is 12.3 Å². The Hall–Kier alpha value is -1.83. The number of hydrogen-bond donors (Lipinski definition) is 4. The number of unbranched alkanes of at least 4 members (excludes halogenated alkanes) is 1. The van der Waals surface area contributed by atoms with Crippen molar-refractivity contribution in [2.75, 3.05) is 13.2 Å². The third kappa shape index (κ3) is 10.3. The number of nitrogens with one attached hydrogen (secondary N) is 2. The number of carbonyl (C=O) groups is 3. The van der Waals surface area contributed by atoms with Gasteiger partial charge in [0.25, 0.3) is 0 Å². The minimum atomic E-state index is -1.18. The number of carbonyl (C=O) groups excluding carboxylic acids is 2. The highest BCUT2D eigenvalue weighted by atomic mass is 16.7. The van der Waals surface area contributed by atoms with Crippen LogP contribution in [0.1, 0.15) is 19.3 Å². The average molecular weight is 233 g/mol. The molecular weight excluding hydrogens is 218 g/mol. The Morgan fingerprint density at radius 2 is 1.94 bits per heavy atom. The summed E-state index contributed by atoms with van der Waals surface area (Å²) in [5.74, 6) is -1.56. The molecule has 0 aliphatic carbocycles. The van der Waals surface area contributed by atoms with Crippen LogP contribution in [0.3, 0.4) is 0 Å². The fraction of sp³-hybridized carbons (Fsp3) is 0.625. The minimum absolute atomic E-state index is 0.277. The van der Waals surface area contributed by atoms with Gasteiger partial charge in [-0.05, 0) is 12.8 Å². The van der Waals surface area contributed by atoms with Gasteiger partial charge >= 0.3 is 12.0 Å². The molecule has 0 spiro atoms. The predicted molar refractivity (Wildman–Crippen MR) is 53.2 cm³/mol. The van der Waals surface area contributed by atoms with Crippen LogP contribution in [0.15, 0.2) is 0 Å². The van der Waals surface area contributed by atoms with Gasteiger partial charge in [0, 0.05) is 13.0 Å². The Balaban J connectivity index is 3.30. The molecule has 0 aliphatic rings. The van der Waals surface area contributed by atoms with Crippen molar-refractivity contribution >= 4 is 17.9 Å². The zero-order chi connectivity index (χ0) is 12.4. The number of hydrogen-bond acceptors (Lipinski definition) is 4. The van der Waals surface area contributed by atoms with Crippen molar-refractivity contribution in [1.82, 2.24) is 10.8 Å². The molecule has 5 N–H and O–H groups in total. The van der Waals surface area contributed by atoms with Gasteiger partial charge in [-0.2, -0.15) is 0 Å². The molecule has 0 rings (SSSR count). The van der Waals surface area contributed by atoms with Crippen molar-refractivity contribution < 1.29 is 24.3 Å². The van der Waals surface area contributed by atoms with Crippen molar-refractivity contribution in [3.63, 3.8) is 0 Å². The highest BCUT2D eigenvalue weighted by molar-refractivity contribution is 5.74. The van der Waals surface area contributed by atoms with Gasteiger partial charge in [0.1, 0.15) is 0 Å². The molecule has 3 amide bonds. The maximum absolute atomic E-state index is 10.9. The monoisotopic (exact) mass is 233 g/mol. The maximum atomic E-state index is 10.9. The second kappa shape index (κ2) is 8.48. The molecule has 92 valence electrons. The van der Waals surface area contributed by atoms with Crippen LogP contribution in [-0.4, -0.2) is 36.2 Å². The van der Waals surface area contributed by atoms with Crippen LogP contribution in [0.5, 0.6) is 0 Å². The van der Waals surface area contributed by atoms with E-state index in [0.29, 0.717) is 19.4 Å². The Bertz CT molecular complexity index is 256. The third-order valence-electron chi connectivity index (χ3n) is 1.50. The molecule has 0 fully saturated rings. The largest absolute Gasteiger partial charge is 0.479 e. The van der Waals surface area contributed by atoms with E-state index >= 15 is 0 Å². The fourth-order valence-corrected chi connectivity index (χ4v) is 0.826. The van der Waals surface area contributed by atoms with Crippen molar-refractivity contribution in [3.05, 3.63) is 0 Å². The third-order valence-corrected chi connectivity index (χ3v) is 1.50. The normalized spacial score (nSPS) is 9.50. The second-order valence-electron chi connectivity index (χ2n) is 2.96. The van der Waals surface area contributed by atoms with Crippen LogP contribution in [-0.2, 0) is 14.4 Å². The summed E-state index contributed by atoms with van der Waals surface area (Å²) < 4.78 is 0. The molecule has 0 aromatic carbocycles. The highest BCUT2D eigenvalue weighted by Crippen LogP contribution is 1.91. The van der Waals surface area contributed by atoms with E-state index in [9.17, 15) is 14.4 Å². The lowest BCUT2D eigenvalue weighted by molar-refractivity contribution is -0.144. The molecule has 0 atom stereocenters. The number of amides is 3. The van der Waals surface area contributed by atoms with Gasteiger partial charge in [-0.25, -0.2) is 15.1 Å². The lowest BCUT2D eigenvalue weighted by Crippen LogP contribution is -2.37. The number of carboxylic acids is 1. The van der Waals surface area contributed by atoms with Crippen molar-refractivity contribution in [1.29, 1.82) is 0 Å². The van der Waals surface area contributed by atoms with E-state index in [2.05, 4.69) is 10.2 Å². The average Bonchev–Trinajstić information content (AvgIpc) is 2.16. The van der Waals surface area contributed by atoms with Gasteiger partial charge in [0.05, 0.1) is 0 Å². The smallest absolute Gasteiger partial charge is 0.338 e. The summed E-state index contributed by atoms with van der Waals surface area (Å²) in [5.41, 5.74) is 6.81. The first-order valence-corrected chi connectivity index (χ1v) is 4.68. The van der Waals surface area contributed by atoms with E-state index in [1.807, 2.05) is 5.48 Å². The van der Waals surface area contributed by atoms with Crippen LogP contribution in [0.2, 0.25) is 0 Å². The van der Waals surface area contributed by atoms with Gasteiger partial charge < -0.3 is 16.2 Å². The quantitative estimate of drug-likeness (QED) is 0.314. The summed E-state index contributed by atoms with van der Waals surface area (Å²) in [5, 5.41) is 10.6. The molecule has 8 heteroatoms. The molecule has 0 saturated carbocycles. The molecule has 0 bridgehead atoms. The number of nitrogens with two attached hydrogens (primary N) is 1. The topological polar surface area (TPSA) is 131 Å². The summed E-state index contributed by atoms with van der Waals surface area (Å²) in [6.45, 7) is -0.245. The first-order valence-electron chi connectivity index (χ1n) is 4.68. The van der Waals surface area contributed by atoms with Crippen molar-refractivity contribution in [2.24, 2.45) is 5.73 Å². The van der Waals surface area contributed by atoms with Crippen LogP contribution < -0.4 is 16.5 Å². The summed E-state index contributed by atoms with van der Waals surface area (Å²) >= 11 is 0. The fourth-order valence-electron chi connectivity index (χ4n) is 0.826. The minimum Gasteiger partial charge on any atom is -0.479 e. The molecule has 0 aromatic rings. The molecular formula is C8H15N3O5. The molecule has 0 radical (unpaired) electrons. The molecule has 0 unspecified atom stereocenters. The molecule has 16 heavy (non-hydrogen) atoms. The molecule has 8 nitrogen and oxygen atoms in total. The maximum Gasteiger partial charge on any atom is 0.338 e. The molecule has 0 heterocycles.